The van der Waals surface area contributed by atoms with E-state index >= 15 is 0 Å². The zero-order valence-electron chi connectivity index (χ0n) is 15.8. The number of carbonyl (C=O) groups excluding carboxylic acids is 2. The van der Waals surface area contributed by atoms with Crippen LogP contribution in [-0.2, 0) is 4.74 Å². The fourth-order valence-corrected chi connectivity index (χ4v) is 3.19. The lowest BCUT2D eigenvalue weighted by molar-refractivity contribution is 0.0527. The van der Waals surface area contributed by atoms with Crippen molar-refractivity contribution in [3.8, 4) is 11.3 Å². The molecule has 0 bridgehead atoms. The molecule has 4 rings (SSSR count). The number of aromatic nitrogens is 2. The Morgan fingerprint density at radius 3 is 2.62 bits per heavy atom. The number of fused-ring (bicyclic) bond motifs is 1. The number of esters is 1. The van der Waals surface area contributed by atoms with Crippen LogP contribution in [0.3, 0.4) is 0 Å². The van der Waals surface area contributed by atoms with Gasteiger partial charge in [0.2, 0.25) is 0 Å². The molecule has 144 valence electrons. The lowest BCUT2D eigenvalue weighted by Crippen LogP contribution is -2.16. The number of nitrogens with one attached hydrogen (secondary N) is 2. The molecule has 3 aromatic carbocycles. The number of amides is 1. The van der Waals surface area contributed by atoms with E-state index in [1.54, 1.807) is 37.3 Å². The van der Waals surface area contributed by atoms with Gasteiger partial charge >= 0.3 is 5.97 Å². The molecule has 1 amide bonds. The monoisotopic (exact) mass is 385 g/mol. The number of anilines is 1. The molecule has 0 spiro atoms. The summed E-state index contributed by atoms with van der Waals surface area (Å²) in [4.78, 5) is 24.8. The topological polar surface area (TPSA) is 84.1 Å². The Morgan fingerprint density at radius 2 is 1.76 bits per heavy atom. The first-order valence-electron chi connectivity index (χ1n) is 9.28. The average molecular weight is 385 g/mol. The van der Waals surface area contributed by atoms with Gasteiger partial charge in [0, 0.05) is 5.56 Å². The maximum atomic E-state index is 12.7. The number of hydrogen-bond acceptors (Lipinski definition) is 4. The Kier molecular flexibility index (Phi) is 5.07. The van der Waals surface area contributed by atoms with Crippen molar-refractivity contribution >= 4 is 28.3 Å². The molecule has 0 unspecified atom stereocenters. The van der Waals surface area contributed by atoms with E-state index in [2.05, 4.69) is 15.5 Å². The van der Waals surface area contributed by atoms with Gasteiger partial charge in [-0.3, -0.25) is 9.89 Å². The number of rotatable bonds is 5. The molecular weight excluding hydrogens is 366 g/mol. The van der Waals surface area contributed by atoms with E-state index in [1.165, 1.54) is 0 Å². The first-order chi connectivity index (χ1) is 14.2. The summed E-state index contributed by atoms with van der Waals surface area (Å²) in [7, 11) is 0. The van der Waals surface area contributed by atoms with Crippen LogP contribution in [0, 0.1) is 0 Å². The Morgan fingerprint density at radius 1 is 1.00 bits per heavy atom. The number of carbonyl (C=O) groups is 2. The van der Waals surface area contributed by atoms with Crippen LogP contribution in [0.15, 0.2) is 72.8 Å². The second-order valence-electron chi connectivity index (χ2n) is 6.41. The van der Waals surface area contributed by atoms with E-state index in [4.69, 9.17) is 4.74 Å². The number of benzene rings is 3. The summed E-state index contributed by atoms with van der Waals surface area (Å²) in [6, 6.07) is 22.4. The summed E-state index contributed by atoms with van der Waals surface area (Å²) >= 11 is 0. The van der Waals surface area contributed by atoms with Crippen molar-refractivity contribution in [1.82, 2.24) is 10.2 Å². The predicted molar refractivity (Wildman–Crippen MR) is 112 cm³/mol. The van der Waals surface area contributed by atoms with Crippen molar-refractivity contribution in [3.05, 3.63) is 84.1 Å². The van der Waals surface area contributed by atoms with Crippen molar-refractivity contribution in [3.63, 3.8) is 0 Å². The van der Waals surface area contributed by atoms with Crippen molar-refractivity contribution in [2.75, 3.05) is 11.9 Å². The minimum Gasteiger partial charge on any atom is -0.462 e. The lowest BCUT2D eigenvalue weighted by Gasteiger charge is -2.09. The van der Waals surface area contributed by atoms with Crippen LogP contribution >= 0.6 is 0 Å². The Bertz CT molecular complexity index is 1190. The van der Waals surface area contributed by atoms with Crippen LogP contribution in [0.1, 0.15) is 27.8 Å². The van der Waals surface area contributed by atoms with Gasteiger partial charge in [-0.15, -0.1) is 0 Å². The normalized spacial score (nSPS) is 10.7. The largest absolute Gasteiger partial charge is 0.462 e. The van der Waals surface area contributed by atoms with Crippen LogP contribution in [0.5, 0.6) is 0 Å². The minimum absolute atomic E-state index is 0.260. The zero-order chi connectivity index (χ0) is 20.2. The van der Waals surface area contributed by atoms with Gasteiger partial charge < -0.3 is 10.1 Å². The maximum Gasteiger partial charge on any atom is 0.340 e. The highest BCUT2D eigenvalue weighted by molar-refractivity contribution is 6.08. The fourth-order valence-electron chi connectivity index (χ4n) is 3.19. The molecule has 29 heavy (non-hydrogen) atoms. The van der Waals surface area contributed by atoms with Crippen molar-refractivity contribution in [2.24, 2.45) is 0 Å². The number of hydrogen-bond donors (Lipinski definition) is 2. The summed E-state index contributed by atoms with van der Waals surface area (Å²) in [5, 5.41) is 12.0. The van der Waals surface area contributed by atoms with E-state index < -0.39 is 5.97 Å². The van der Waals surface area contributed by atoms with E-state index in [9.17, 15) is 9.59 Å². The van der Waals surface area contributed by atoms with Gasteiger partial charge in [0.05, 0.1) is 23.6 Å². The third kappa shape index (κ3) is 3.73. The molecule has 4 aromatic rings. The van der Waals surface area contributed by atoms with Crippen LogP contribution in [0.25, 0.3) is 22.0 Å². The maximum absolute atomic E-state index is 12.7. The standard InChI is InChI=1S/C23H19N3O3/c1-2-29-23(28)18-11-5-6-13-19(18)24-22(27)21-14-20(25-26-21)17-12-7-9-15-8-3-4-10-16(15)17/h3-14H,2H2,1H3,(H,24,27)(H,25,26). The highest BCUT2D eigenvalue weighted by Crippen LogP contribution is 2.27. The quantitative estimate of drug-likeness (QED) is 0.490. The molecule has 2 N–H and O–H groups in total. The molecule has 0 aliphatic rings. The van der Waals surface area contributed by atoms with Crippen LogP contribution in [0.4, 0.5) is 5.69 Å². The van der Waals surface area contributed by atoms with Gasteiger partial charge in [-0.25, -0.2) is 4.79 Å². The second-order valence-corrected chi connectivity index (χ2v) is 6.41. The van der Waals surface area contributed by atoms with Crippen molar-refractivity contribution < 1.29 is 14.3 Å². The molecule has 1 aromatic heterocycles. The Labute approximate surface area is 167 Å². The third-order valence-electron chi connectivity index (χ3n) is 4.56. The van der Waals surface area contributed by atoms with E-state index in [0.717, 1.165) is 16.3 Å². The average Bonchev–Trinajstić information content (AvgIpc) is 3.24. The summed E-state index contributed by atoms with van der Waals surface area (Å²) in [5.74, 6) is -0.870. The van der Waals surface area contributed by atoms with Gasteiger partial charge in [-0.05, 0) is 35.9 Å². The Hall–Kier alpha value is -3.93. The molecule has 0 radical (unpaired) electrons. The molecule has 0 aliphatic heterocycles. The summed E-state index contributed by atoms with van der Waals surface area (Å²) < 4.78 is 5.05. The number of aromatic amines is 1. The van der Waals surface area contributed by atoms with Gasteiger partial charge in [-0.2, -0.15) is 5.10 Å². The Balaban J connectivity index is 1.61. The fraction of sp³-hybridized carbons (Fsp3) is 0.0870. The number of H-pyrrole nitrogens is 1. The smallest absolute Gasteiger partial charge is 0.340 e. The summed E-state index contributed by atoms with van der Waals surface area (Å²) in [6.45, 7) is 1.99. The van der Waals surface area contributed by atoms with Crippen LogP contribution in [-0.4, -0.2) is 28.7 Å². The molecule has 0 atom stereocenters. The van der Waals surface area contributed by atoms with Gasteiger partial charge in [0.1, 0.15) is 5.69 Å². The first kappa shape index (κ1) is 18.4. The minimum atomic E-state index is -0.482. The van der Waals surface area contributed by atoms with Crippen LogP contribution < -0.4 is 5.32 Å². The summed E-state index contributed by atoms with van der Waals surface area (Å²) in [5.41, 5.74) is 2.59. The highest BCUT2D eigenvalue weighted by Gasteiger charge is 2.17. The molecule has 0 saturated heterocycles. The SMILES string of the molecule is CCOC(=O)c1ccccc1NC(=O)c1cc(-c2cccc3ccccc23)n[nH]1. The molecule has 0 aliphatic carbocycles. The summed E-state index contributed by atoms with van der Waals surface area (Å²) in [6.07, 6.45) is 0. The zero-order valence-corrected chi connectivity index (χ0v) is 15.8. The lowest BCUT2D eigenvalue weighted by atomic mass is 10.0. The molecule has 0 fully saturated rings. The predicted octanol–water partition coefficient (Wildman–Crippen LogP) is 4.66. The number of ether oxygens (including phenoxy) is 1. The van der Waals surface area contributed by atoms with Crippen LogP contribution in [0.2, 0.25) is 0 Å². The molecule has 0 saturated carbocycles. The van der Waals surface area contributed by atoms with Crippen molar-refractivity contribution in [2.45, 2.75) is 6.92 Å². The highest BCUT2D eigenvalue weighted by atomic mass is 16.5. The second kappa shape index (κ2) is 7.98. The molecule has 1 heterocycles. The van der Waals surface area contributed by atoms with Gasteiger partial charge in [0.15, 0.2) is 0 Å². The van der Waals surface area contributed by atoms with E-state index in [-0.39, 0.29) is 12.5 Å². The first-order valence-corrected chi connectivity index (χ1v) is 9.28. The number of para-hydroxylation sites is 1. The third-order valence-corrected chi connectivity index (χ3v) is 4.56. The molecular formula is C23H19N3O3. The van der Waals surface area contributed by atoms with Crippen molar-refractivity contribution in [1.29, 1.82) is 0 Å². The molecule has 6 heteroatoms. The molecule has 6 nitrogen and oxygen atoms in total. The van der Waals surface area contributed by atoms with E-state index in [1.807, 2.05) is 42.5 Å². The van der Waals surface area contributed by atoms with E-state index in [0.29, 0.717) is 22.6 Å². The van der Waals surface area contributed by atoms with Gasteiger partial charge in [-0.1, -0.05) is 54.6 Å². The van der Waals surface area contributed by atoms with Gasteiger partial charge in [0.25, 0.3) is 5.91 Å². The number of nitrogens with zero attached hydrogens (tertiary/aromatic N) is 1.